The zero-order valence-corrected chi connectivity index (χ0v) is 24.2. The number of benzene rings is 2. The van der Waals surface area contributed by atoms with Crippen LogP contribution >= 0.6 is 11.6 Å². The first-order chi connectivity index (χ1) is 20.8. The third kappa shape index (κ3) is 5.94. The Hall–Kier alpha value is -4.76. The fourth-order valence-corrected chi connectivity index (χ4v) is 6.18. The summed E-state index contributed by atoms with van der Waals surface area (Å²) in [5, 5.41) is 21.9. The molecule has 0 radical (unpaired) electrons. The number of esters is 1. The van der Waals surface area contributed by atoms with Crippen LogP contribution in [-0.2, 0) is 39.1 Å². The number of hydrogen-bond donors (Lipinski definition) is 0. The molecule has 1 saturated heterocycles. The zero-order valence-electron chi connectivity index (χ0n) is 23.4. The first-order valence-electron chi connectivity index (χ1n) is 13.7. The van der Waals surface area contributed by atoms with E-state index in [1.807, 2.05) is 54.6 Å². The van der Waals surface area contributed by atoms with Crippen LogP contribution in [0.1, 0.15) is 35.2 Å². The molecule has 12 nitrogen and oxygen atoms in total. The highest BCUT2D eigenvalue weighted by Crippen LogP contribution is 2.45. The molecule has 1 fully saturated rings. The number of aryl methyl sites for hydroxylation is 1. The molecule has 1 aromatic heterocycles. The number of aromatic nitrogens is 2. The van der Waals surface area contributed by atoms with Gasteiger partial charge in [-0.25, -0.2) is 9.78 Å². The normalized spacial score (nSPS) is 19.3. The van der Waals surface area contributed by atoms with Gasteiger partial charge in [-0.15, -0.1) is 0 Å². The van der Waals surface area contributed by atoms with Crippen molar-refractivity contribution in [3.05, 3.63) is 92.4 Å². The molecule has 0 spiro atoms. The summed E-state index contributed by atoms with van der Waals surface area (Å²) in [6.45, 7) is 0.446. The van der Waals surface area contributed by atoms with E-state index in [0.29, 0.717) is 12.8 Å². The van der Waals surface area contributed by atoms with Crippen molar-refractivity contribution in [1.82, 2.24) is 14.9 Å². The Morgan fingerprint density at radius 1 is 1.16 bits per heavy atom. The third-order valence-electron chi connectivity index (χ3n) is 8.04. The van der Waals surface area contributed by atoms with Gasteiger partial charge in [0.2, 0.25) is 11.1 Å². The summed E-state index contributed by atoms with van der Waals surface area (Å²) in [6, 6.07) is 18.1. The van der Waals surface area contributed by atoms with Gasteiger partial charge < -0.3 is 19.3 Å². The number of carbonyl (C=O) groups excluding carboxylic acids is 2. The van der Waals surface area contributed by atoms with E-state index in [-0.39, 0.29) is 61.6 Å². The van der Waals surface area contributed by atoms with Gasteiger partial charge in [-0.2, -0.15) is 10.2 Å². The van der Waals surface area contributed by atoms with Crippen molar-refractivity contribution in [3.8, 4) is 6.07 Å². The molecule has 0 N–H and O–H groups in total. The first-order valence-corrected chi connectivity index (χ1v) is 14.1. The molecule has 0 bridgehead atoms. The minimum absolute atomic E-state index is 0.00337. The van der Waals surface area contributed by atoms with Gasteiger partial charge in [0.05, 0.1) is 36.0 Å². The van der Waals surface area contributed by atoms with Gasteiger partial charge in [-0.05, 0) is 41.1 Å². The van der Waals surface area contributed by atoms with E-state index in [9.17, 15) is 25.0 Å². The van der Waals surface area contributed by atoms with E-state index in [0.717, 1.165) is 16.7 Å². The topological polar surface area (TPSA) is 152 Å². The fourth-order valence-electron chi connectivity index (χ4n) is 6.00. The molecular weight excluding hydrogens is 576 g/mol. The molecule has 1 amide bonds. The SMILES string of the molecule is COC(=O)C1(Cc2nc(Cl)nc(N3CCN(C(=O)OCc4ccccc4)[C@@H](CC#N)C3)c2[N+](=O)[O-])CCc2ccccc21. The molecule has 2 heterocycles. The van der Waals surface area contributed by atoms with Gasteiger partial charge >= 0.3 is 17.7 Å². The van der Waals surface area contributed by atoms with Crippen molar-refractivity contribution in [2.24, 2.45) is 0 Å². The Kier molecular flexibility index (Phi) is 8.73. The van der Waals surface area contributed by atoms with Crippen LogP contribution in [-0.4, -0.2) is 64.6 Å². The molecule has 13 heteroatoms. The average molecular weight is 605 g/mol. The quantitative estimate of drug-likeness (QED) is 0.157. The molecule has 1 unspecified atom stereocenters. The Morgan fingerprint density at radius 3 is 2.63 bits per heavy atom. The second kappa shape index (κ2) is 12.6. The van der Waals surface area contributed by atoms with E-state index in [2.05, 4.69) is 16.0 Å². The predicted molar refractivity (Wildman–Crippen MR) is 155 cm³/mol. The third-order valence-corrected chi connectivity index (χ3v) is 8.21. The number of piperazine rings is 1. The standard InChI is InChI=1S/C30H29ClN6O6/c1-42-27(38)30(13-11-21-9-5-6-10-23(21)30)17-24-25(37(40)41)26(34-28(31)33-24)35-15-16-36(22(18-35)12-14-32)29(39)43-19-20-7-3-2-4-8-20/h2-10,22H,11-13,15-19H2,1H3/t22-,30?/m0/s1. The smallest absolute Gasteiger partial charge is 0.410 e. The van der Waals surface area contributed by atoms with Crippen LogP contribution in [0.25, 0.3) is 0 Å². The monoisotopic (exact) mass is 604 g/mol. The molecule has 1 aliphatic carbocycles. The van der Waals surface area contributed by atoms with Crippen molar-refractivity contribution in [3.63, 3.8) is 0 Å². The number of halogens is 1. The van der Waals surface area contributed by atoms with Crippen LogP contribution in [0.3, 0.4) is 0 Å². The summed E-state index contributed by atoms with van der Waals surface area (Å²) in [7, 11) is 1.29. The summed E-state index contributed by atoms with van der Waals surface area (Å²) < 4.78 is 10.7. The molecule has 0 saturated carbocycles. The van der Waals surface area contributed by atoms with Crippen LogP contribution in [0.4, 0.5) is 16.3 Å². The lowest BCUT2D eigenvalue weighted by molar-refractivity contribution is -0.385. The average Bonchev–Trinajstić information content (AvgIpc) is 3.39. The Morgan fingerprint density at radius 2 is 1.91 bits per heavy atom. The number of hydrogen-bond acceptors (Lipinski definition) is 10. The Balaban J connectivity index is 1.44. The number of nitro groups is 1. The van der Waals surface area contributed by atoms with Gasteiger partial charge in [-0.3, -0.25) is 14.9 Å². The number of fused-ring (bicyclic) bond motifs is 1. The minimum atomic E-state index is -1.18. The summed E-state index contributed by atoms with van der Waals surface area (Å²) in [5.74, 6) is -0.550. The van der Waals surface area contributed by atoms with Crippen molar-refractivity contribution >= 4 is 35.2 Å². The van der Waals surface area contributed by atoms with Crippen LogP contribution < -0.4 is 4.90 Å². The van der Waals surface area contributed by atoms with Crippen LogP contribution in [0.15, 0.2) is 54.6 Å². The highest BCUT2D eigenvalue weighted by Gasteiger charge is 2.49. The minimum Gasteiger partial charge on any atom is -0.468 e. The van der Waals surface area contributed by atoms with Crippen LogP contribution in [0.5, 0.6) is 0 Å². The number of ether oxygens (including phenoxy) is 2. The number of amides is 1. The van der Waals surface area contributed by atoms with Crippen molar-refractivity contribution in [1.29, 1.82) is 5.26 Å². The lowest BCUT2D eigenvalue weighted by Crippen LogP contribution is -2.55. The molecule has 2 aliphatic rings. The molecule has 3 aromatic rings. The molecular formula is C30H29ClN6O6. The van der Waals surface area contributed by atoms with Crippen molar-refractivity contribution in [2.75, 3.05) is 31.6 Å². The molecule has 1 aliphatic heterocycles. The number of anilines is 1. The highest BCUT2D eigenvalue weighted by molar-refractivity contribution is 6.28. The summed E-state index contributed by atoms with van der Waals surface area (Å²) in [6.07, 6.45) is 0.262. The molecule has 43 heavy (non-hydrogen) atoms. The molecule has 5 rings (SSSR count). The molecule has 2 atom stereocenters. The summed E-state index contributed by atoms with van der Waals surface area (Å²) in [4.78, 5) is 49.8. The summed E-state index contributed by atoms with van der Waals surface area (Å²) >= 11 is 6.34. The van der Waals surface area contributed by atoms with Gasteiger partial charge in [0.1, 0.15) is 12.3 Å². The second-order valence-corrected chi connectivity index (χ2v) is 10.8. The van der Waals surface area contributed by atoms with Gasteiger partial charge in [0.15, 0.2) is 0 Å². The maximum atomic E-state index is 13.3. The molecule has 222 valence electrons. The summed E-state index contributed by atoms with van der Waals surface area (Å²) in [5.41, 5.74) is 0.959. The van der Waals surface area contributed by atoms with E-state index in [4.69, 9.17) is 21.1 Å². The second-order valence-electron chi connectivity index (χ2n) is 10.5. The van der Waals surface area contributed by atoms with E-state index in [1.54, 1.807) is 4.90 Å². The van der Waals surface area contributed by atoms with E-state index < -0.39 is 28.4 Å². The van der Waals surface area contributed by atoms with Crippen LogP contribution in [0.2, 0.25) is 5.28 Å². The highest BCUT2D eigenvalue weighted by atomic mass is 35.5. The number of nitriles is 1. The van der Waals surface area contributed by atoms with Crippen molar-refractivity contribution < 1.29 is 24.0 Å². The maximum absolute atomic E-state index is 13.3. The number of nitrogens with zero attached hydrogens (tertiary/aromatic N) is 6. The maximum Gasteiger partial charge on any atom is 0.410 e. The number of carbonyl (C=O) groups is 2. The lowest BCUT2D eigenvalue weighted by atomic mass is 9.77. The van der Waals surface area contributed by atoms with E-state index >= 15 is 0 Å². The predicted octanol–water partition coefficient (Wildman–Crippen LogP) is 4.38. The van der Waals surface area contributed by atoms with Gasteiger partial charge in [0, 0.05) is 26.1 Å². The van der Waals surface area contributed by atoms with E-state index in [1.165, 1.54) is 12.0 Å². The number of methoxy groups -OCH3 is 1. The Labute approximate surface area is 253 Å². The van der Waals surface area contributed by atoms with Crippen molar-refractivity contribution in [2.45, 2.75) is 43.7 Å². The Bertz CT molecular complexity index is 1580. The molecule has 2 aromatic carbocycles. The van der Waals surface area contributed by atoms with Crippen LogP contribution in [0, 0.1) is 21.4 Å². The lowest BCUT2D eigenvalue weighted by Gasteiger charge is -2.40. The van der Waals surface area contributed by atoms with Gasteiger partial charge in [-0.1, -0.05) is 54.6 Å². The largest absolute Gasteiger partial charge is 0.468 e. The number of rotatable bonds is 8. The first kappa shape index (κ1) is 29.7. The zero-order chi connectivity index (χ0) is 30.6. The fraction of sp³-hybridized carbons (Fsp3) is 0.367. The van der Waals surface area contributed by atoms with Gasteiger partial charge in [0.25, 0.3) is 0 Å².